The summed E-state index contributed by atoms with van der Waals surface area (Å²) in [6.07, 6.45) is 1.59. The standard InChI is InChI=1S/C10H9N5/c11-5-7-2-1-3-8(4-7)14-9-6-13-15-10(9)12/h1-4,6,14H,(H3,12,13,15). The molecular weight excluding hydrogens is 190 g/mol. The van der Waals surface area contributed by atoms with Crippen molar-refractivity contribution < 1.29 is 0 Å². The minimum Gasteiger partial charge on any atom is -0.382 e. The molecule has 0 aliphatic rings. The molecule has 5 heteroatoms. The Labute approximate surface area is 86.5 Å². The van der Waals surface area contributed by atoms with E-state index in [1.807, 2.05) is 6.07 Å². The molecule has 1 aromatic heterocycles. The maximum atomic E-state index is 8.72. The second-order valence-electron chi connectivity index (χ2n) is 3.01. The molecule has 1 aromatic carbocycles. The molecule has 4 N–H and O–H groups in total. The van der Waals surface area contributed by atoms with Gasteiger partial charge in [0.2, 0.25) is 0 Å². The Morgan fingerprint density at radius 1 is 1.47 bits per heavy atom. The van der Waals surface area contributed by atoms with Crippen LogP contribution in [0.5, 0.6) is 0 Å². The molecule has 5 nitrogen and oxygen atoms in total. The average molecular weight is 199 g/mol. The number of aromatic nitrogens is 2. The Kier molecular flexibility index (Phi) is 2.25. The molecule has 0 unspecified atom stereocenters. The Hall–Kier alpha value is -2.48. The molecule has 0 aliphatic heterocycles. The van der Waals surface area contributed by atoms with Crippen LogP contribution in [0.15, 0.2) is 30.5 Å². The number of nitrogens with one attached hydrogen (secondary N) is 2. The topological polar surface area (TPSA) is 90.5 Å². The summed E-state index contributed by atoms with van der Waals surface area (Å²) < 4.78 is 0. The fraction of sp³-hybridized carbons (Fsp3) is 0. The van der Waals surface area contributed by atoms with Gasteiger partial charge in [-0.2, -0.15) is 10.4 Å². The van der Waals surface area contributed by atoms with E-state index in [1.54, 1.807) is 24.4 Å². The zero-order valence-corrected chi connectivity index (χ0v) is 7.86. The van der Waals surface area contributed by atoms with Gasteiger partial charge in [-0.05, 0) is 18.2 Å². The number of rotatable bonds is 2. The van der Waals surface area contributed by atoms with Gasteiger partial charge < -0.3 is 11.1 Å². The van der Waals surface area contributed by atoms with Crippen LogP contribution in [0.1, 0.15) is 5.56 Å². The summed E-state index contributed by atoms with van der Waals surface area (Å²) in [5.74, 6) is 0.470. The van der Waals surface area contributed by atoms with E-state index < -0.39 is 0 Å². The van der Waals surface area contributed by atoms with Crippen molar-refractivity contribution >= 4 is 17.2 Å². The number of H-pyrrole nitrogens is 1. The summed E-state index contributed by atoms with van der Waals surface area (Å²) in [6, 6.07) is 9.21. The van der Waals surface area contributed by atoms with Crippen molar-refractivity contribution in [2.45, 2.75) is 0 Å². The molecule has 0 radical (unpaired) electrons. The lowest BCUT2D eigenvalue weighted by molar-refractivity contribution is 1.10. The fourth-order valence-electron chi connectivity index (χ4n) is 1.22. The molecule has 0 fully saturated rings. The van der Waals surface area contributed by atoms with Crippen molar-refractivity contribution in [1.82, 2.24) is 10.2 Å². The van der Waals surface area contributed by atoms with Gasteiger partial charge in [0, 0.05) is 5.69 Å². The monoisotopic (exact) mass is 199 g/mol. The van der Waals surface area contributed by atoms with Gasteiger partial charge >= 0.3 is 0 Å². The van der Waals surface area contributed by atoms with Crippen molar-refractivity contribution in [3.05, 3.63) is 36.0 Å². The number of aromatic amines is 1. The lowest BCUT2D eigenvalue weighted by atomic mass is 10.2. The first-order valence-corrected chi connectivity index (χ1v) is 4.35. The first-order valence-electron chi connectivity index (χ1n) is 4.35. The summed E-state index contributed by atoms with van der Waals surface area (Å²) in [5, 5.41) is 18.2. The maximum Gasteiger partial charge on any atom is 0.143 e. The van der Waals surface area contributed by atoms with Crippen LogP contribution in [0.4, 0.5) is 17.2 Å². The largest absolute Gasteiger partial charge is 0.382 e. The third-order valence-corrected chi connectivity index (χ3v) is 1.94. The number of nitriles is 1. The van der Waals surface area contributed by atoms with Crippen LogP contribution in [-0.4, -0.2) is 10.2 Å². The quantitative estimate of drug-likeness (QED) is 0.685. The zero-order valence-electron chi connectivity index (χ0n) is 7.86. The summed E-state index contributed by atoms with van der Waals surface area (Å²) >= 11 is 0. The van der Waals surface area contributed by atoms with Crippen LogP contribution >= 0.6 is 0 Å². The van der Waals surface area contributed by atoms with Crippen molar-refractivity contribution in [1.29, 1.82) is 5.26 Å². The second kappa shape index (κ2) is 3.72. The smallest absolute Gasteiger partial charge is 0.143 e. The SMILES string of the molecule is N#Cc1cccc(Nc2cn[nH]c2N)c1. The van der Waals surface area contributed by atoms with Crippen LogP contribution < -0.4 is 11.1 Å². The highest BCUT2D eigenvalue weighted by Crippen LogP contribution is 2.20. The van der Waals surface area contributed by atoms with Crippen molar-refractivity contribution in [3.63, 3.8) is 0 Å². The van der Waals surface area contributed by atoms with Gasteiger partial charge in [-0.3, -0.25) is 5.10 Å². The van der Waals surface area contributed by atoms with Crippen molar-refractivity contribution in [2.75, 3.05) is 11.1 Å². The van der Waals surface area contributed by atoms with Crippen LogP contribution in [-0.2, 0) is 0 Å². The van der Waals surface area contributed by atoms with E-state index in [-0.39, 0.29) is 0 Å². The minimum atomic E-state index is 0.470. The molecule has 1 heterocycles. The fourth-order valence-corrected chi connectivity index (χ4v) is 1.22. The van der Waals surface area contributed by atoms with E-state index >= 15 is 0 Å². The van der Waals surface area contributed by atoms with Gasteiger partial charge in [-0.1, -0.05) is 6.07 Å². The first-order chi connectivity index (χ1) is 7.29. The first kappa shape index (κ1) is 9.09. The Balaban J connectivity index is 2.25. The average Bonchev–Trinajstić information content (AvgIpc) is 2.65. The Morgan fingerprint density at radius 2 is 2.33 bits per heavy atom. The Morgan fingerprint density at radius 3 is 3.00 bits per heavy atom. The second-order valence-corrected chi connectivity index (χ2v) is 3.01. The van der Waals surface area contributed by atoms with E-state index in [1.165, 1.54) is 0 Å². The molecule has 15 heavy (non-hydrogen) atoms. The highest BCUT2D eigenvalue weighted by Gasteiger charge is 2.01. The van der Waals surface area contributed by atoms with Crippen LogP contribution in [0, 0.1) is 11.3 Å². The summed E-state index contributed by atoms with van der Waals surface area (Å²) in [6.45, 7) is 0. The lowest BCUT2D eigenvalue weighted by Crippen LogP contribution is -1.94. The maximum absolute atomic E-state index is 8.72. The molecule has 0 bridgehead atoms. The van der Waals surface area contributed by atoms with Gasteiger partial charge in [0.05, 0.1) is 17.8 Å². The number of hydrogen-bond acceptors (Lipinski definition) is 4. The van der Waals surface area contributed by atoms with E-state index in [0.29, 0.717) is 17.1 Å². The van der Waals surface area contributed by atoms with E-state index in [4.69, 9.17) is 11.0 Å². The third kappa shape index (κ3) is 1.89. The predicted octanol–water partition coefficient (Wildman–Crippen LogP) is 1.61. The van der Waals surface area contributed by atoms with Crippen LogP contribution in [0.3, 0.4) is 0 Å². The highest BCUT2D eigenvalue weighted by molar-refractivity contribution is 5.69. The third-order valence-electron chi connectivity index (χ3n) is 1.94. The molecule has 74 valence electrons. The van der Waals surface area contributed by atoms with E-state index in [2.05, 4.69) is 21.6 Å². The highest BCUT2D eigenvalue weighted by atomic mass is 15.2. The predicted molar refractivity (Wildman–Crippen MR) is 57.4 cm³/mol. The van der Waals surface area contributed by atoms with Gasteiger partial charge in [-0.25, -0.2) is 0 Å². The van der Waals surface area contributed by atoms with Gasteiger partial charge in [0.25, 0.3) is 0 Å². The summed E-state index contributed by atoms with van der Waals surface area (Å²) in [4.78, 5) is 0. The summed E-state index contributed by atoms with van der Waals surface area (Å²) in [5.41, 5.74) is 7.72. The van der Waals surface area contributed by atoms with Gasteiger partial charge in [0.15, 0.2) is 0 Å². The molecule has 0 spiro atoms. The molecule has 0 saturated heterocycles. The number of benzene rings is 1. The molecule has 0 atom stereocenters. The number of nitrogens with zero attached hydrogens (tertiary/aromatic N) is 2. The van der Waals surface area contributed by atoms with E-state index in [9.17, 15) is 0 Å². The molecule has 2 aromatic rings. The van der Waals surface area contributed by atoms with E-state index in [0.717, 1.165) is 5.69 Å². The number of nitrogen functional groups attached to an aromatic ring is 1. The van der Waals surface area contributed by atoms with Crippen molar-refractivity contribution in [2.24, 2.45) is 0 Å². The van der Waals surface area contributed by atoms with Crippen molar-refractivity contribution in [3.8, 4) is 6.07 Å². The van der Waals surface area contributed by atoms with Gasteiger partial charge in [-0.15, -0.1) is 0 Å². The molecule has 0 aliphatic carbocycles. The lowest BCUT2D eigenvalue weighted by Gasteiger charge is -2.04. The number of hydrogen-bond donors (Lipinski definition) is 3. The molecule has 0 amide bonds. The van der Waals surface area contributed by atoms with Gasteiger partial charge in [0.1, 0.15) is 11.5 Å². The van der Waals surface area contributed by atoms with Crippen LogP contribution in [0.2, 0.25) is 0 Å². The molecule has 0 saturated carbocycles. The Bertz CT molecular complexity index is 509. The minimum absolute atomic E-state index is 0.470. The molecular formula is C10H9N5. The van der Waals surface area contributed by atoms with Crippen LogP contribution in [0.25, 0.3) is 0 Å². The zero-order chi connectivity index (χ0) is 10.7. The number of anilines is 3. The normalized spacial score (nSPS) is 9.53. The number of nitrogens with two attached hydrogens (primary N) is 1. The molecule has 2 rings (SSSR count). The summed E-state index contributed by atoms with van der Waals surface area (Å²) in [7, 11) is 0.